The molecule has 0 aliphatic heterocycles. The number of hydrogen-bond donors (Lipinski definition) is 1. The second-order valence-electron chi connectivity index (χ2n) is 3.14. The number of nitrogens with zero attached hydrogens (tertiary/aromatic N) is 1. The zero-order valence-electron chi connectivity index (χ0n) is 9.03. The molecule has 3 heteroatoms. The summed E-state index contributed by atoms with van der Waals surface area (Å²) in [6, 6.07) is 8.34. The quantitative estimate of drug-likeness (QED) is 0.749. The van der Waals surface area contributed by atoms with Gasteiger partial charge in [-0.1, -0.05) is 12.1 Å². The van der Waals surface area contributed by atoms with Crippen molar-refractivity contribution in [3.63, 3.8) is 0 Å². The molecule has 0 heterocycles. The van der Waals surface area contributed by atoms with E-state index in [0.717, 1.165) is 6.54 Å². The molecule has 0 aliphatic rings. The van der Waals surface area contributed by atoms with Crippen molar-refractivity contribution in [2.45, 2.75) is 13.8 Å². The summed E-state index contributed by atoms with van der Waals surface area (Å²) in [6.45, 7) is 6.03. The molecule has 1 aromatic carbocycles. The Kier molecular flexibility index (Phi) is 6.96. The van der Waals surface area contributed by atoms with Gasteiger partial charge in [0, 0.05) is 41.8 Å². The molecule has 0 saturated heterocycles. The summed E-state index contributed by atoms with van der Waals surface area (Å²) in [5.74, 6) is 0. The summed E-state index contributed by atoms with van der Waals surface area (Å²) >= 11 is 0. The maximum absolute atomic E-state index is 8.86. The highest BCUT2D eigenvalue weighted by Gasteiger charge is 2.01. The number of anilines is 1. The standard InChI is InChI=1S/C11H17NO.Mg/c1-3-12(7-8-13)11-6-4-5-10(2)9-11;/h4-6,9,13H,3,7-8H2,1-2H3;. The first-order valence-corrected chi connectivity index (χ1v) is 4.70. The van der Waals surface area contributed by atoms with Crippen molar-refractivity contribution in [1.29, 1.82) is 0 Å². The molecule has 0 aromatic heterocycles. The number of rotatable bonds is 4. The summed E-state index contributed by atoms with van der Waals surface area (Å²) in [5.41, 5.74) is 2.45. The monoisotopic (exact) mass is 203 g/mol. The highest BCUT2D eigenvalue weighted by molar-refractivity contribution is 5.75. The molecule has 1 aromatic rings. The first-order valence-electron chi connectivity index (χ1n) is 4.70. The van der Waals surface area contributed by atoms with Crippen molar-refractivity contribution in [3.8, 4) is 0 Å². The van der Waals surface area contributed by atoms with E-state index in [0.29, 0.717) is 6.54 Å². The van der Waals surface area contributed by atoms with Crippen LogP contribution in [0.3, 0.4) is 0 Å². The van der Waals surface area contributed by atoms with E-state index in [9.17, 15) is 0 Å². The molecule has 14 heavy (non-hydrogen) atoms. The minimum atomic E-state index is 0. The van der Waals surface area contributed by atoms with Gasteiger partial charge in [-0.05, 0) is 31.5 Å². The average molecular weight is 204 g/mol. The Morgan fingerprint density at radius 1 is 1.36 bits per heavy atom. The van der Waals surface area contributed by atoms with Crippen LogP contribution in [-0.4, -0.2) is 47.9 Å². The second-order valence-corrected chi connectivity index (χ2v) is 3.14. The van der Waals surface area contributed by atoms with Crippen LogP contribution >= 0.6 is 0 Å². The fourth-order valence-electron chi connectivity index (χ4n) is 1.42. The molecule has 0 aliphatic carbocycles. The van der Waals surface area contributed by atoms with Crippen LogP contribution in [0.4, 0.5) is 5.69 Å². The third-order valence-electron chi connectivity index (χ3n) is 2.12. The molecule has 74 valence electrons. The van der Waals surface area contributed by atoms with Gasteiger partial charge in [0.1, 0.15) is 0 Å². The van der Waals surface area contributed by atoms with Gasteiger partial charge in [-0.2, -0.15) is 0 Å². The van der Waals surface area contributed by atoms with E-state index in [1.165, 1.54) is 11.3 Å². The van der Waals surface area contributed by atoms with Gasteiger partial charge in [0.25, 0.3) is 0 Å². The van der Waals surface area contributed by atoms with E-state index in [2.05, 4.69) is 36.9 Å². The van der Waals surface area contributed by atoms with Crippen LogP contribution in [0.5, 0.6) is 0 Å². The molecule has 0 saturated carbocycles. The van der Waals surface area contributed by atoms with E-state index < -0.39 is 0 Å². The summed E-state index contributed by atoms with van der Waals surface area (Å²) in [7, 11) is 0. The molecule has 0 fully saturated rings. The smallest absolute Gasteiger partial charge is 0.0606 e. The van der Waals surface area contributed by atoms with Gasteiger partial charge >= 0.3 is 0 Å². The highest BCUT2D eigenvalue weighted by Crippen LogP contribution is 2.14. The Labute approximate surface area is 102 Å². The molecule has 0 unspecified atom stereocenters. The zero-order valence-corrected chi connectivity index (χ0v) is 10.4. The lowest BCUT2D eigenvalue weighted by Crippen LogP contribution is -2.26. The first-order chi connectivity index (χ1) is 6.27. The van der Waals surface area contributed by atoms with Crippen molar-refractivity contribution in [3.05, 3.63) is 29.8 Å². The summed E-state index contributed by atoms with van der Waals surface area (Å²) in [4.78, 5) is 2.16. The number of aliphatic hydroxyl groups excluding tert-OH is 1. The van der Waals surface area contributed by atoms with Gasteiger partial charge in [-0.15, -0.1) is 0 Å². The third kappa shape index (κ3) is 3.86. The first kappa shape index (κ1) is 13.7. The summed E-state index contributed by atoms with van der Waals surface area (Å²) in [5, 5.41) is 8.86. The van der Waals surface area contributed by atoms with Crippen molar-refractivity contribution < 1.29 is 5.11 Å². The maximum Gasteiger partial charge on any atom is 0.0606 e. The van der Waals surface area contributed by atoms with E-state index in [1.807, 2.05) is 6.07 Å². The maximum atomic E-state index is 8.86. The van der Waals surface area contributed by atoms with Crippen LogP contribution in [0.15, 0.2) is 24.3 Å². The lowest BCUT2D eigenvalue weighted by atomic mass is 10.2. The van der Waals surface area contributed by atoms with Crippen molar-refractivity contribution >= 4 is 28.7 Å². The second kappa shape index (κ2) is 7.09. The molecular formula is C11H17MgNO. The van der Waals surface area contributed by atoms with Crippen molar-refractivity contribution in [1.82, 2.24) is 0 Å². The lowest BCUT2D eigenvalue weighted by Gasteiger charge is -2.22. The van der Waals surface area contributed by atoms with Crippen LogP contribution in [0.2, 0.25) is 0 Å². The molecule has 1 rings (SSSR count). The molecule has 0 spiro atoms. The van der Waals surface area contributed by atoms with Crippen LogP contribution in [0.25, 0.3) is 0 Å². The summed E-state index contributed by atoms with van der Waals surface area (Å²) < 4.78 is 0. The zero-order chi connectivity index (χ0) is 9.68. The molecule has 2 radical (unpaired) electrons. The molecule has 2 nitrogen and oxygen atoms in total. The molecular weight excluding hydrogens is 186 g/mol. The number of aliphatic hydroxyl groups is 1. The predicted octanol–water partition coefficient (Wildman–Crippen LogP) is 1.43. The average Bonchev–Trinajstić information content (AvgIpc) is 2.14. The van der Waals surface area contributed by atoms with Gasteiger partial charge in [0.05, 0.1) is 6.61 Å². The van der Waals surface area contributed by atoms with Gasteiger partial charge in [-0.25, -0.2) is 0 Å². The summed E-state index contributed by atoms with van der Waals surface area (Å²) in [6.07, 6.45) is 0. The fourth-order valence-corrected chi connectivity index (χ4v) is 1.42. The number of aryl methyl sites for hydroxylation is 1. The number of likely N-dealkylation sites (N-methyl/N-ethyl adjacent to an activating group) is 1. The minimum Gasteiger partial charge on any atom is -0.395 e. The molecule has 0 bridgehead atoms. The van der Waals surface area contributed by atoms with Crippen LogP contribution in [-0.2, 0) is 0 Å². The Balaban J connectivity index is 0.00000169. The Bertz CT molecular complexity index is 265. The minimum absolute atomic E-state index is 0. The fraction of sp³-hybridized carbons (Fsp3) is 0.455. The van der Waals surface area contributed by atoms with Gasteiger partial charge in [0.2, 0.25) is 0 Å². The number of benzene rings is 1. The Morgan fingerprint density at radius 2 is 2.07 bits per heavy atom. The highest BCUT2D eigenvalue weighted by atomic mass is 24.3. The van der Waals surface area contributed by atoms with Gasteiger partial charge in [0.15, 0.2) is 0 Å². The normalized spacial score (nSPS) is 9.36. The number of hydrogen-bond acceptors (Lipinski definition) is 2. The lowest BCUT2D eigenvalue weighted by molar-refractivity contribution is 0.302. The molecule has 1 N–H and O–H groups in total. The van der Waals surface area contributed by atoms with Crippen molar-refractivity contribution in [2.24, 2.45) is 0 Å². The molecule has 0 atom stereocenters. The van der Waals surface area contributed by atoms with Crippen LogP contribution in [0.1, 0.15) is 12.5 Å². The SMILES string of the molecule is CCN(CCO)c1cccc(C)c1.[Mg]. The van der Waals surface area contributed by atoms with Crippen LogP contribution in [0, 0.1) is 6.92 Å². The van der Waals surface area contributed by atoms with E-state index in [4.69, 9.17) is 5.11 Å². The van der Waals surface area contributed by atoms with Gasteiger partial charge < -0.3 is 10.0 Å². The van der Waals surface area contributed by atoms with E-state index >= 15 is 0 Å². The third-order valence-corrected chi connectivity index (χ3v) is 2.12. The van der Waals surface area contributed by atoms with Gasteiger partial charge in [-0.3, -0.25) is 0 Å². The van der Waals surface area contributed by atoms with E-state index in [-0.39, 0.29) is 29.7 Å². The predicted molar refractivity (Wildman–Crippen MR) is 61.9 cm³/mol. The topological polar surface area (TPSA) is 23.5 Å². The van der Waals surface area contributed by atoms with E-state index in [1.54, 1.807) is 0 Å². The molecule has 0 amide bonds. The van der Waals surface area contributed by atoms with Crippen LogP contribution < -0.4 is 4.90 Å². The largest absolute Gasteiger partial charge is 0.395 e. The Morgan fingerprint density at radius 3 is 2.57 bits per heavy atom. The van der Waals surface area contributed by atoms with Crippen molar-refractivity contribution in [2.75, 3.05) is 24.6 Å². The Hall–Kier alpha value is -0.254.